The fraction of sp³-hybridized carbons (Fsp3) is 0.154. The third kappa shape index (κ3) is 3.42. The normalized spacial score (nSPS) is 10.1. The molecular weight excluding hydrogens is 264 g/mol. The third-order valence-corrected chi connectivity index (χ3v) is 2.62. The van der Waals surface area contributed by atoms with Crippen molar-refractivity contribution in [2.45, 2.75) is 0 Å². The average Bonchev–Trinajstić information content (AvgIpc) is 2.39. The zero-order chi connectivity index (χ0) is 13.8. The molecule has 0 spiro atoms. The van der Waals surface area contributed by atoms with E-state index in [1.165, 1.54) is 0 Å². The number of pyridine rings is 2. The summed E-state index contributed by atoms with van der Waals surface area (Å²) in [5, 5.41) is 3.00. The Morgan fingerprint density at radius 2 is 2.05 bits per heavy atom. The zero-order valence-electron chi connectivity index (χ0n) is 10.6. The Morgan fingerprint density at radius 3 is 2.63 bits per heavy atom. The van der Waals surface area contributed by atoms with Crippen LogP contribution in [0.5, 0.6) is 0 Å². The van der Waals surface area contributed by atoms with Crippen LogP contribution in [0.4, 0.5) is 11.5 Å². The summed E-state index contributed by atoms with van der Waals surface area (Å²) in [5.74, 6) is 0.501. The summed E-state index contributed by atoms with van der Waals surface area (Å²) >= 11 is 5.74. The number of amides is 1. The zero-order valence-corrected chi connectivity index (χ0v) is 11.3. The molecule has 1 N–H and O–H groups in total. The van der Waals surface area contributed by atoms with Crippen LogP contribution >= 0.6 is 11.6 Å². The van der Waals surface area contributed by atoms with Gasteiger partial charge in [0.2, 0.25) is 0 Å². The van der Waals surface area contributed by atoms with Crippen LogP contribution in [-0.4, -0.2) is 30.0 Å². The SMILES string of the molecule is CN(C)c1ccc(NC(=O)c2cccc(Cl)n2)cn1. The van der Waals surface area contributed by atoms with Crippen LogP contribution in [0.3, 0.4) is 0 Å². The van der Waals surface area contributed by atoms with Crippen molar-refractivity contribution >= 4 is 29.0 Å². The molecule has 5 nitrogen and oxygen atoms in total. The number of anilines is 2. The number of carbonyl (C=O) groups excluding carboxylic acids is 1. The topological polar surface area (TPSA) is 58.1 Å². The molecule has 98 valence electrons. The van der Waals surface area contributed by atoms with E-state index in [4.69, 9.17) is 11.6 Å². The third-order valence-electron chi connectivity index (χ3n) is 2.41. The Balaban J connectivity index is 2.10. The van der Waals surface area contributed by atoms with Crippen LogP contribution < -0.4 is 10.2 Å². The van der Waals surface area contributed by atoms with Gasteiger partial charge >= 0.3 is 0 Å². The number of nitrogens with one attached hydrogen (secondary N) is 1. The second-order valence-corrected chi connectivity index (χ2v) is 4.49. The fourth-order valence-electron chi connectivity index (χ4n) is 1.45. The molecule has 2 heterocycles. The van der Waals surface area contributed by atoms with Crippen LogP contribution in [0.15, 0.2) is 36.5 Å². The van der Waals surface area contributed by atoms with Gasteiger partial charge in [-0.2, -0.15) is 0 Å². The molecule has 19 heavy (non-hydrogen) atoms. The molecule has 0 atom stereocenters. The van der Waals surface area contributed by atoms with Gasteiger partial charge in [-0.05, 0) is 24.3 Å². The van der Waals surface area contributed by atoms with E-state index >= 15 is 0 Å². The molecule has 0 radical (unpaired) electrons. The van der Waals surface area contributed by atoms with E-state index in [1.807, 2.05) is 25.1 Å². The lowest BCUT2D eigenvalue weighted by atomic mass is 10.3. The molecule has 0 unspecified atom stereocenters. The lowest BCUT2D eigenvalue weighted by molar-refractivity contribution is 0.102. The quantitative estimate of drug-likeness (QED) is 0.875. The first-order valence-corrected chi connectivity index (χ1v) is 6.01. The predicted octanol–water partition coefficient (Wildman–Crippen LogP) is 2.45. The van der Waals surface area contributed by atoms with E-state index < -0.39 is 0 Å². The highest BCUT2D eigenvalue weighted by Crippen LogP contribution is 2.13. The van der Waals surface area contributed by atoms with Crippen LogP contribution in [-0.2, 0) is 0 Å². The highest BCUT2D eigenvalue weighted by molar-refractivity contribution is 6.29. The molecule has 0 aliphatic carbocycles. The van der Waals surface area contributed by atoms with Crippen molar-refractivity contribution in [3.63, 3.8) is 0 Å². The molecule has 0 saturated carbocycles. The number of halogens is 1. The predicted molar refractivity (Wildman–Crippen MR) is 75.8 cm³/mol. The summed E-state index contributed by atoms with van der Waals surface area (Å²) in [7, 11) is 3.80. The van der Waals surface area contributed by atoms with E-state index in [0.29, 0.717) is 5.69 Å². The standard InChI is InChI=1S/C13H13ClN4O/c1-18(2)12-7-6-9(8-15-12)16-13(19)10-4-3-5-11(14)17-10/h3-8H,1-2H3,(H,16,19). The van der Waals surface area contributed by atoms with Gasteiger partial charge in [0.05, 0.1) is 11.9 Å². The molecule has 0 saturated heterocycles. The average molecular weight is 277 g/mol. The molecular formula is C13H13ClN4O. The summed E-state index contributed by atoms with van der Waals surface area (Å²) in [5.41, 5.74) is 0.876. The van der Waals surface area contributed by atoms with Crippen molar-refractivity contribution < 1.29 is 4.79 Å². The Hall–Kier alpha value is -2.14. The molecule has 0 fully saturated rings. The monoisotopic (exact) mass is 276 g/mol. The molecule has 0 aliphatic heterocycles. The van der Waals surface area contributed by atoms with Crippen molar-refractivity contribution in [2.75, 3.05) is 24.3 Å². The van der Waals surface area contributed by atoms with E-state index in [1.54, 1.807) is 30.5 Å². The van der Waals surface area contributed by atoms with E-state index in [0.717, 1.165) is 5.82 Å². The second kappa shape index (κ2) is 5.67. The highest BCUT2D eigenvalue weighted by atomic mass is 35.5. The summed E-state index contributed by atoms with van der Waals surface area (Å²) < 4.78 is 0. The van der Waals surface area contributed by atoms with Crippen LogP contribution in [0.25, 0.3) is 0 Å². The van der Waals surface area contributed by atoms with Crippen molar-refractivity contribution in [2.24, 2.45) is 0 Å². The first-order valence-electron chi connectivity index (χ1n) is 5.63. The molecule has 0 aliphatic rings. The van der Waals surface area contributed by atoms with Crippen LogP contribution in [0, 0.1) is 0 Å². The van der Waals surface area contributed by atoms with Gasteiger partial charge in [0.1, 0.15) is 16.7 Å². The molecule has 2 rings (SSSR count). The lowest BCUT2D eigenvalue weighted by Crippen LogP contribution is -2.14. The van der Waals surface area contributed by atoms with Crippen LogP contribution in [0.2, 0.25) is 5.15 Å². The van der Waals surface area contributed by atoms with Gasteiger partial charge in [-0.1, -0.05) is 17.7 Å². The van der Waals surface area contributed by atoms with Crippen molar-refractivity contribution in [1.29, 1.82) is 0 Å². The number of carbonyl (C=O) groups is 1. The Bertz CT molecular complexity index is 583. The summed E-state index contributed by atoms with van der Waals surface area (Å²) in [6.45, 7) is 0. The molecule has 0 aromatic carbocycles. The molecule has 0 bridgehead atoms. The van der Waals surface area contributed by atoms with Gasteiger partial charge in [0.25, 0.3) is 5.91 Å². The molecule has 1 amide bonds. The largest absolute Gasteiger partial charge is 0.363 e. The Kier molecular flexibility index (Phi) is 3.97. The maximum atomic E-state index is 11.9. The molecule has 2 aromatic rings. The second-order valence-electron chi connectivity index (χ2n) is 4.10. The number of rotatable bonds is 3. The summed E-state index contributed by atoms with van der Waals surface area (Å²) in [6, 6.07) is 8.50. The van der Waals surface area contributed by atoms with Gasteiger partial charge < -0.3 is 10.2 Å². The van der Waals surface area contributed by atoms with Crippen molar-refractivity contribution in [3.05, 3.63) is 47.4 Å². The Morgan fingerprint density at radius 1 is 1.26 bits per heavy atom. The number of nitrogens with zero attached hydrogens (tertiary/aromatic N) is 3. The van der Waals surface area contributed by atoms with E-state index in [-0.39, 0.29) is 16.8 Å². The summed E-state index contributed by atoms with van der Waals surface area (Å²) in [6.07, 6.45) is 1.60. The minimum absolute atomic E-state index is 0.268. The first-order chi connectivity index (χ1) is 9.06. The van der Waals surface area contributed by atoms with Gasteiger partial charge in [-0.25, -0.2) is 9.97 Å². The maximum absolute atomic E-state index is 11.9. The minimum atomic E-state index is -0.318. The fourth-order valence-corrected chi connectivity index (χ4v) is 1.62. The van der Waals surface area contributed by atoms with Crippen molar-refractivity contribution in [1.82, 2.24) is 9.97 Å². The van der Waals surface area contributed by atoms with Gasteiger partial charge in [-0.15, -0.1) is 0 Å². The van der Waals surface area contributed by atoms with Crippen LogP contribution in [0.1, 0.15) is 10.5 Å². The van der Waals surface area contributed by atoms with Crippen molar-refractivity contribution in [3.8, 4) is 0 Å². The van der Waals surface area contributed by atoms with E-state index in [9.17, 15) is 4.79 Å². The number of hydrogen-bond donors (Lipinski definition) is 1. The number of aromatic nitrogens is 2. The minimum Gasteiger partial charge on any atom is -0.363 e. The maximum Gasteiger partial charge on any atom is 0.274 e. The summed E-state index contributed by atoms with van der Waals surface area (Å²) in [4.78, 5) is 21.9. The molecule has 2 aromatic heterocycles. The molecule has 6 heteroatoms. The highest BCUT2D eigenvalue weighted by Gasteiger charge is 2.08. The Labute approximate surface area is 116 Å². The van der Waals surface area contributed by atoms with Gasteiger partial charge in [-0.3, -0.25) is 4.79 Å². The van der Waals surface area contributed by atoms with Gasteiger partial charge in [0.15, 0.2) is 0 Å². The van der Waals surface area contributed by atoms with Gasteiger partial charge in [0, 0.05) is 14.1 Å². The lowest BCUT2D eigenvalue weighted by Gasteiger charge is -2.11. The smallest absolute Gasteiger partial charge is 0.274 e. The van der Waals surface area contributed by atoms with E-state index in [2.05, 4.69) is 15.3 Å². The first kappa shape index (κ1) is 13.3. The number of hydrogen-bond acceptors (Lipinski definition) is 4.